The van der Waals surface area contributed by atoms with Gasteiger partial charge in [0.25, 0.3) is 0 Å². The number of aliphatic imine (C=N–C) groups is 1. The first-order chi connectivity index (χ1) is 14.1. The summed E-state index contributed by atoms with van der Waals surface area (Å²) in [6, 6.07) is 12.1. The molecule has 2 aliphatic rings. The highest BCUT2D eigenvalue weighted by atomic mass is 35.5. The summed E-state index contributed by atoms with van der Waals surface area (Å²) in [5.41, 5.74) is 9.45. The smallest absolute Gasteiger partial charge is 0.219 e. The van der Waals surface area contributed by atoms with E-state index in [4.69, 9.17) is 22.1 Å². The topological polar surface area (TPSA) is 63.7 Å². The summed E-state index contributed by atoms with van der Waals surface area (Å²) in [6.45, 7) is 1.87. The number of aromatic nitrogens is 1. The van der Waals surface area contributed by atoms with E-state index < -0.39 is 0 Å². The molecule has 1 aliphatic heterocycles. The number of allylic oxidation sites excluding steroid dienone is 2. The second-order valence-electron chi connectivity index (χ2n) is 7.43. The Morgan fingerprint density at radius 2 is 2.03 bits per heavy atom. The number of nitrogens with zero attached hydrogens (tertiary/aromatic N) is 3. The van der Waals surface area contributed by atoms with Gasteiger partial charge in [-0.3, -0.25) is 10.7 Å². The average Bonchev–Trinajstić information content (AvgIpc) is 2.72. The second-order valence-corrected chi connectivity index (χ2v) is 7.83. The Bertz CT molecular complexity index is 959. The minimum Gasteiger partial charge on any atom is -0.439 e. The molecular weight excluding hydrogens is 384 g/mol. The van der Waals surface area contributed by atoms with Crippen molar-refractivity contribution in [3.8, 4) is 11.6 Å². The maximum atomic E-state index is 6.10. The second kappa shape index (κ2) is 8.80. The van der Waals surface area contributed by atoms with Crippen molar-refractivity contribution in [3.63, 3.8) is 0 Å². The molecule has 1 aromatic heterocycles. The SMILES string of the molecule is Cc1nc(Oc2cccc(C=C3CCC(N4C=CC=NC4N)CC3)c2)ccc1Cl. The fraction of sp³-hybridized carbons (Fsp3) is 0.304. The summed E-state index contributed by atoms with van der Waals surface area (Å²) in [6.07, 6.45) is 12.1. The molecule has 5 nitrogen and oxygen atoms in total. The molecule has 6 heteroatoms. The van der Waals surface area contributed by atoms with Gasteiger partial charge in [-0.05, 0) is 62.4 Å². The molecular formula is C23H25ClN4O. The third kappa shape index (κ3) is 4.86. The minimum absolute atomic E-state index is 0.255. The van der Waals surface area contributed by atoms with Crippen LogP contribution in [-0.2, 0) is 0 Å². The van der Waals surface area contributed by atoms with E-state index in [1.807, 2.05) is 31.2 Å². The zero-order chi connectivity index (χ0) is 20.2. The maximum absolute atomic E-state index is 6.10. The molecule has 1 saturated carbocycles. The monoisotopic (exact) mass is 408 g/mol. The minimum atomic E-state index is -0.255. The van der Waals surface area contributed by atoms with Crippen molar-refractivity contribution in [2.24, 2.45) is 10.7 Å². The van der Waals surface area contributed by atoms with Gasteiger partial charge in [0.2, 0.25) is 5.88 Å². The van der Waals surface area contributed by atoms with E-state index in [0.717, 1.165) is 42.7 Å². The van der Waals surface area contributed by atoms with Gasteiger partial charge in [0.1, 0.15) is 5.75 Å². The van der Waals surface area contributed by atoms with Crippen LogP contribution >= 0.6 is 11.6 Å². The van der Waals surface area contributed by atoms with Gasteiger partial charge in [-0.2, -0.15) is 0 Å². The Kier molecular flexibility index (Phi) is 5.97. The number of hydrogen-bond donors (Lipinski definition) is 1. The van der Waals surface area contributed by atoms with Gasteiger partial charge in [-0.25, -0.2) is 4.98 Å². The molecule has 2 aromatic rings. The van der Waals surface area contributed by atoms with Crippen LogP contribution in [0.1, 0.15) is 36.9 Å². The van der Waals surface area contributed by atoms with Gasteiger partial charge in [0.15, 0.2) is 6.29 Å². The molecule has 2 N–H and O–H groups in total. The molecule has 29 heavy (non-hydrogen) atoms. The summed E-state index contributed by atoms with van der Waals surface area (Å²) in [4.78, 5) is 10.8. The highest BCUT2D eigenvalue weighted by Gasteiger charge is 2.25. The van der Waals surface area contributed by atoms with Crippen LogP contribution in [0, 0.1) is 6.92 Å². The molecule has 2 heterocycles. The number of hydrogen-bond acceptors (Lipinski definition) is 5. The van der Waals surface area contributed by atoms with Crippen molar-refractivity contribution >= 4 is 23.9 Å². The molecule has 1 unspecified atom stereocenters. The molecule has 1 atom stereocenters. The Hall–Kier alpha value is -2.63. The molecule has 0 radical (unpaired) electrons. The summed E-state index contributed by atoms with van der Waals surface area (Å²) < 4.78 is 5.91. The fourth-order valence-corrected chi connectivity index (χ4v) is 3.90. The zero-order valence-electron chi connectivity index (χ0n) is 16.5. The van der Waals surface area contributed by atoms with Crippen molar-refractivity contribution in [2.45, 2.75) is 44.9 Å². The van der Waals surface area contributed by atoms with Gasteiger partial charge in [-0.1, -0.05) is 35.4 Å². The van der Waals surface area contributed by atoms with Gasteiger partial charge in [0.05, 0.1) is 10.7 Å². The molecule has 150 valence electrons. The molecule has 1 aliphatic carbocycles. The van der Waals surface area contributed by atoms with Crippen LogP contribution in [0.2, 0.25) is 5.02 Å². The van der Waals surface area contributed by atoms with E-state index in [-0.39, 0.29) is 6.29 Å². The van der Waals surface area contributed by atoms with Crippen LogP contribution in [0.25, 0.3) is 6.08 Å². The van der Waals surface area contributed by atoms with Crippen LogP contribution in [0.3, 0.4) is 0 Å². The molecule has 0 bridgehead atoms. The van der Waals surface area contributed by atoms with Gasteiger partial charge >= 0.3 is 0 Å². The van der Waals surface area contributed by atoms with Crippen molar-refractivity contribution in [2.75, 3.05) is 0 Å². The average molecular weight is 409 g/mol. The van der Waals surface area contributed by atoms with Crippen LogP contribution in [0.5, 0.6) is 11.6 Å². The molecule has 1 aromatic carbocycles. The van der Waals surface area contributed by atoms with Gasteiger partial charge in [-0.15, -0.1) is 0 Å². The Morgan fingerprint density at radius 1 is 1.21 bits per heavy atom. The highest BCUT2D eigenvalue weighted by molar-refractivity contribution is 6.31. The Labute approximate surface area is 176 Å². The first-order valence-electron chi connectivity index (χ1n) is 9.92. The molecule has 1 fully saturated rings. The summed E-state index contributed by atoms with van der Waals surface area (Å²) in [5, 5.41) is 0.638. The van der Waals surface area contributed by atoms with E-state index in [2.05, 4.69) is 33.2 Å². The number of rotatable bonds is 4. The van der Waals surface area contributed by atoms with Crippen LogP contribution in [-0.4, -0.2) is 28.4 Å². The summed E-state index contributed by atoms with van der Waals surface area (Å²) in [7, 11) is 0. The first-order valence-corrected chi connectivity index (χ1v) is 10.3. The number of aryl methyl sites for hydroxylation is 1. The van der Waals surface area contributed by atoms with Crippen molar-refractivity contribution in [3.05, 3.63) is 70.5 Å². The number of ether oxygens (including phenoxy) is 1. The van der Waals surface area contributed by atoms with Crippen molar-refractivity contribution in [1.82, 2.24) is 9.88 Å². The van der Waals surface area contributed by atoms with Gasteiger partial charge in [0, 0.05) is 24.5 Å². The van der Waals surface area contributed by atoms with E-state index in [0.29, 0.717) is 16.9 Å². The number of nitrogens with two attached hydrogens (primary N) is 1. The fourth-order valence-electron chi connectivity index (χ4n) is 3.80. The third-order valence-electron chi connectivity index (χ3n) is 5.35. The molecule has 4 rings (SSSR count). The predicted octanol–water partition coefficient (Wildman–Crippen LogP) is 5.30. The lowest BCUT2D eigenvalue weighted by molar-refractivity contribution is 0.181. The van der Waals surface area contributed by atoms with Crippen molar-refractivity contribution in [1.29, 1.82) is 0 Å². The summed E-state index contributed by atoms with van der Waals surface area (Å²) in [5.74, 6) is 1.32. The number of pyridine rings is 1. The van der Waals surface area contributed by atoms with Crippen LogP contribution < -0.4 is 10.5 Å². The lowest BCUT2D eigenvalue weighted by Gasteiger charge is -2.37. The van der Waals surface area contributed by atoms with E-state index in [1.54, 1.807) is 18.3 Å². The first kappa shape index (κ1) is 19.7. The van der Waals surface area contributed by atoms with Crippen LogP contribution in [0.15, 0.2) is 59.2 Å². The van der Waals surface area contributed by atoms with E-state index in [9.17, 15) is 0 Å². The van der Waals surface area contributed by atoms with Crippen LogP contribution in [0.4, 0.5) is 0 Å². The zero-order valence-corrected chi connectivity index (χ0v) is 17.2. The Morgan fingerprint density at radius 3 is 2.79 bits per heavy atom. The molecule has 0 amide bonds. The quantitative estimate of drug-likeness (QED) is 0.745. The third-order valence-corrected chi connectivity index (χ3v) is 5.75. The lowest BCUT2D eigenvalue weighted by Crippen LogP contribution is -2.45. The summed E-state index contributed by atoms with van der Waals surface area (Å²) >= 11 is 6.04. The van der Waals surface area contributed by atoms with Crippen molar-refractivity contribution < 1.29 is 4.74 Å². The lowest BCUT2D eigenvalue weighted by atomic mass is 9.88. The van der Waals surface area contributed by atoms with E-state index >= 15 is 0 Å². The molecule has 0 saturated heterocycles. The maximum Gasteiger partial charge on any atom is 0.219 e. The number of benzene rings is 1. The molecule has 0 spiro atoms. The Balaban J connectivity index is 1.40. The largest absolute Gasteiger partial charge is 0.439 e. The standard InChI is InChI=1S/C23H25ClN4O/c1-16-21(24)10-11-22(27-16)29-20-5-2-4-18(15-20)14-17-6-8-19(9-7-17)28-13-3-12-26-23(28)25/h2-5,10-15,19,23H,6-9,25H2,1H3. The van der Waals surface area contributed by atoms with Gasteiger partial charge < -0.3 is 9.64 Å². The highest BCUT2D eigenvalue weighted by Crippen LogP contribution is 2.31. The number of halogens is 1. The normalized spacial score (nSPS) is 21.3. The predicted molar refractivity (Wildman–Crippen MR) is 118 cm³/mol. The van der Waals surface area contributed by atoms with E-state index in [1.165, 1.54) is 5.57 Å².